The Bertz CT molecular complexity index is 681. The molecule has 1 aliphatic heterocycles. The Hall–Kier alpha value is -2.28. The first-order valence-corrected chi connectivity index (χ1v) is 9.49. The van der Waals surface area contributed by atoms with Gasteiger partial charge in [0, 0.05) is 44.5 Å². The van der Waals surface area contributed by atoms with E-state index in [0.717, 1.165) is 44.2 Å². The van der Waals surface area contributed by atoms with Gasteiger partial charge in [-0.3, -0.25) is 0 Å². The zero-order valence-electron chi connectivity index (χ0n) is 14.8. The fraction of sp³-hybridized carbons (Fsp3) is 0.444. The molecular formula is C18H25N5OS. The number of anilines is 1. The van der Waals surface area contributed by atoms with Gasteiger partial charge in [0.25, 0.3) is 0 Å². The smallest absolute Gasteiger partial charge is 0.218 e. The Kier molecular flexibility index (Phi) is 6.11. The summed E-state index contributed by atoms with van der Waals surface area (Å²) in [5.74, 6) is 1.60. The van der Waals surface area contributed by atoms with Crippen molar-refractivity contribution in [2.45, 2.75) is 13.5 Å². The molecule has 0 spiro atoms. The normalized spacial score (nSPS) is 15.4. The molecule has 1 N–H and O–H groups in total. The van der Waals surface area contributed by atoms with Crippen molar-refractivity contribution >= 4 is 22.3 Å². The molecule has 134 valence electrons. The molecule has 1 saturated heterocycles. The quantitative estimate of drug-likeness (QED) is 0.656. The number of guanidine groups is 1. The molecule has 1 aliphatic rings. The average molecular weight is 359 g/mol. The van der Waals surface area contributed by atoms with Gasteiger partial charge in [-0.05, 0) is 30.5 Å². The van der Waals surface area contributed by atoms with Crippen molar-refractivity contribution in [3.63, 3.8) is 0 Å². The minimum Gasteiger partial charge on any atom is -0.481 e. The van der Waals surface area contributed by atoms with Crippen LogP contribution in [-0.2, 0) is 6.54 Å². The molecule has 6 nitrogen and oxygen atoms in total. The van der Waals surface area contributed by atoms with E-state index in [9.17, 15) is 0 Å². The summed E-state index contributed by atoms with van der Waals surface area (Å²) in [5.41, 5.74) is 0.998. The number of methoxy groups -OCH3 is 1. The molecule has 0 atom stereocenters. The molecule has 0 unspecified atom stereocenters. The lowest BCUT2D eigenvalue weighted by Gasteiger charge is -2.37. The van der Waals surface area contributed by atoms with Gasteiger partial charge in [-0.25, -0.2) is 9.98 Å². The number of hydrogen-bond acceptors (Lipinski definition) is 5. The maximum Gasteiger partial charge on any atom is 0.218 e. The van der Waals surface area contributed by atoms with Crippen LogP contribution in [0.1, 0.15) is 12.5 Å². The Labute approximate surface area is 153 Å². The lowest BCUT2D eigenvalue weighted by Crippen LogP contribution is -2.52. The van der Waals surface area contributed by atoms with E-state index in [-0.39, 0.29) is 0 Å². The number of piperazine rings is 1. The standard InChI is InChI=1S/C18H25N5OS/c1-3-19-18(21-14-15-6-4-8-20-17(15)24-2)23-11-9-22(10-12-23)16-7-5-13-25-16/h4-8,13H,3,9-12,14H2,1-2H3,(H,19,21). The number of aromatic nitrogens is 1. The van der Waals surface area contributed by atoms with E-state index in [0.29, 0.717) is 12.4 Å². The summed E-state index contributed by atoms with van der Waals surface area (Å²) < 4.78 is 5.32. The number of ether oxygens (including phenoxy) is 1. The van der Waals surface area contributed by atoms with Crippen LogP contribution >= 0.6 is 11.3 Å². The molecule has 0 aromatic carbocycles. The molecule has 7 heteroatoms. The molecule has 0 bridgehead atoms. The van der Waals surface area contributed by atoms with Gasteiger partial charge in [-0.15, -0.1) is 11.3 Å². The number of rotatable bonds is 5. The van der Waals surface area contributed by atoms with Crippen LogP contribution in [0.4, 0.5) is 5.00 Å². The molecule has 0 aliphatic carbocycles. The van der Waals surface area contributed by atoms with Crippen LogP contribution in [0.2, 0.25) is 0 Å². The van der Waals surface area contributed by atoms with E-state index >= 15 is 0 Å². The van der Waals surface area contributed by atoms with Crippen LogP contribution in [-0.4, -0.2) is 55.7 Å². The highest BCUT2D eigenvalue weighted by Gasteiger charge is 2.20. The monoisotopic (exact) mass is 359 g/mol. The number of nitrogens with zero attached hydrogens (tertiary/aromatic N) is 4. The summed E-state index contributed by atoms with van der Waals surface area (Å²) in [6.07, 6.45) is 1.74. The summed E-state index contributed by atoms with van der Waals surface area (Å²) in [6.45, 7) is 7.48. The second-order valence-electron chi connectivity index (χ2n) is 5.77. The summed E-state index contributed by atoms with van der Waals surface area (Å²) >= 11 is 1.80. The highest BCUT2D eigenvalue weighted by molar-refractivity contribution is 7.14. The largest absolute Gasteiger partial charge is 0.481 e. The lowest BCUT2D eigenvalue weighted by atomic mass is 10.3. The van der Waals surface area contributed by atoms with Crippen LogP contribution in [0.15, 0.2) is 40.8 Å². The van der Waals surface area contributed by atoms with Crippen molar-refractivity contribution < 1.29 is 4.74 Å². The van der Waals surface area contributed by atoms with Gasteiger partial charge in [0.1, 0.15) is 0 Å². The van der Waals surface area contributed by atoms with Crippen molar-refractivity contribution in [1.82, 2.24) is 15.2 Å². The predicted octanol–water partition coefficient (Wildman–Crippen LogP) is 2.44. The first-order chi connectivity index (χ1) is 12.3. The van der Waals surface area contributed by atoms with E-state index in [1.807, 2.05) is 12.1 Å². The maximum absolute atomic E-state index is 5.32. The fourth-order valence-electron chi connectivity index (χ4n) is 2.90. The van der Waals surface area contributed by atoms with Gasteiger partial charge in [0.05, 0.1) is 18.7 Å². The highest BCUT2D eigenvalue weighted by Crippen LogP contribution is 2.22. The first-order valence-electron chi connectivity index (χ1n) is 8.61. The van der Waals surface area contributed by atoms with E-state index in [1.54, 1.807) is 24.6 Å². The number of nitrogens with one attached hydrogen (secondary N) is 1. The first kappa shape index (κ1) is 17.5. The Morgan fingerprint density at radius 1 is 1.28 bits per heavy atom. The average Bonchev–Trinajstić information content (AvgIpc) is 3.20. The van der Waals surface area contributed by atoms with Gasteiger partial charge in [0.15, 0.2) is 5.96 Å². The topological polar surface area (TPSA) is 53.0 Å². The van der Waals surface area contributed by atoms with E-state index in [1.165, 1.54) is 5.00 Å². The van der Waals surface area contributed by atoms with Crippen molar-refractivity contribution in [3.05, 3.63) is 41.4 Å². The third-order valence-electron chi connectivity index (χ3n) is 4.17. The summed E-state index contributed by atoms with van der Waals surface area (Å²) in [4.78, 5) is 13.8. The molecule has 25 heavy (non-hydrogen) atoms. The minimum atomic E-state index is 0.560. The van der Waals surface area contributed by atoms with Crippen molar-refractivity contribution in [3.8, 4) is 5.88 Å². The predicted molar refractivity (Wildman–Crippen MR) is 104 cm³/mol. The van der Waals surface area contributed by atoms with E-state index < -0.39 is 0 Å². The molecule has 2 aromatic rings. The maximum atomic E-state index is 5.32. The molecule has 2 aromatic heterocycles. The van der Waals surface area contributed by atoms with Crippen LogP contribution in [0, 0.1) is 0 Å². The van der Waals surface area contributed by atoms with Gasteiger partial charge in [-0.1, -0.05) is 6.07 Å². The molecular weight excluding hydrogens is 334 g/mol. The molecule has 1 fully saturated rings. The second kappa shape index (κ2) is 8.71. The second-order valence-corrected chi connectivity index (χ2v) is 6.69. The summed E-state index contributed by atoms with van der Waals surface area (Å²) in [5, 5.41) is 6.89. The van der Waals surface area contributed by atoms with Crippen molar-refractivity contribution in [2.24, 2.45) is 4.99 Å². The number of aliphatic imine (C=N–C) groups is 1. The van der Waals surface area contributed by atoms with E-state index in [4.69, 9.17) is 9.73 Å². The molecule has 0 amide bonds. The molecule has 0 radical (unpaired) electrons. The molecule has 3 heterocycles. The van der Waals surface area contributed by atoms with Gasteiger partial charge in [-0.2, -0.15) is 0 Å². The van der Waals surface area contributed by atoms with Gasteiger partial charge in [0.2, 0.25) is 5.88 Å². The Morgan fingerprint density at radius 2 is 2.12 bits per heavy atom. The fourth-order valence-corrected chi connectivity index (χ4v) is 3.69. The zero-order chi connectivity index (χ0) is 17.5. The highest BCUT2D eigenvalue weighted by atomic mass is 32.1. The molecule has 0 saturated carbocycles. The van der Waals surface area contributed by atoms with Crippen LogP contribution in [0.3, 0.4) is 0 Å². The summed E-state index contributed by atoms with van der Waals surface area (Å²) in [6, 6.07) is 8.22. The minimum absolute atomic E-state index is 0.560. The molecule has 3 rings (SSSR count). The summed E-state index contributed by atoms with van der Waals surface area (Å²) in [7, 11) is 1.64. The van der Waals surface area contributed by atoms with Crippen molar-refractivity contribution in [2.75, 3.05) is 44.7 Å². The number of hydrogen-bond donors (Lipinski definition) is 1. The number of thiophene rings is 1. The third kappa shape index (κ3) is 4.42. The zero-order valence-corrected chi connectivity index (χ0v) is 15.6. The Balaban J connectivity index is 1.65. The Morgan fingerprint density at radius 3 is 2.80 bits per heavy atom. The SMILES string of the molecule is CCNC(=NCc1cccnc1OC)N1CCN(c2cccs2)CC1. The van der Waals surface area contributed by atoms with Crippen molar-refractivity contribution in [1.29, 1.82) is 0 Å². The third-order valence-corrected chi connectivity index (χ3v) is 5.10. The van der Waals surface area contributed by atoms with Crippen LogP contribution in [0.5, 0.6) is 5.88 Å². The lowest BCUT2D eigenvalue weighted by molar-refractivity contribution is 0.372. The van der Waals surface area contributed by atoms with Crippen LogP contribution in [0.25, 0.3) is 0 Å². The van der Waals surface area contributed by atoms with Crippen LogP contribution < -0.4 is 15.0 Å². The van der Waals surface area contributed by atoms with E-state index in [2.05, 4.69) is 44.5 Å². The number of pyridine rings is 1. The van der Waals surface area contributed by atoms with Gasteiger partial charge >= 0.3 is 0 Å². The van der Waals surface area contributed by atoms with Gasteiger partial charge < -0.3 is 19.9 Å².